The lowest BCUT2D eigenvalue weighted by Gasteiger charge is -2.08. The van der Waals surface area contributed by atoms with Crippen LogP contribution in [0.25, 0.3) is 0 Å². The Morgan fingerprint density at radius 3 is 2.30 bits per heavy atom. The predicted molar refractivity (Wildman–Crippen MR) is 35.4 cm³/mol. The Bertz CT molecular complexity index is 164. The van der Waals surface area contributed by atoms with E-state index in [1.807, 2.05) is 0 Å². The summed E-state index contributed by atoms with van der Waals surface area (Å²) in [4.78, 5) is 21.4. The van der Waals surface area contributed by atoms with Gasteiger partial charge in [0.1, 0.15) is 0 Å². The van der Waals surface area contributed by atoms with Crippen molar-refractivity contribution in [3.8, 4) is 0 Å². The summed E-state index contributed by atoms with van der Waals surface area (Å²) in [5.41, 5.74) is 0. The standard InChI is InChI=1S/C6H9NO3/c1-3-5(8)7(4-2)6(9)10/h4H,2-3H2,1H3,(H,9,10). The number of imide groups is 1. The predicted octanol–water partition coefficient (Wildman–Crippen LogP) is 1.05. The van der Waals surface area contributed by atoms with Gasteiger partial charge in [-0.1, -0.05) is 13.5 Å². The Kier molecular flexibility index (Phi) is 3.17. The third-order valence-electron chi connectivity index (χ3n) is 0.960. The third kappa shape index (κ3) is 1.89. The van der Waals surface area contributed by atoms with Crippen LogP contribution in [0.5, 0.6) is 0 Å². The first kappa shape index (κ1) is 8.68. The number of amides is 2. The third-order valence-corrected chi connectivity index (χ3v) is 0.960. The molecule has 0 aliphatic carbocycles. The molecule has 2 amide bonds. The van der Waals surface area contributed by atoms with Gasteiger partial charge in [-0.2, -0.15) is 0 Å². The molecule has 0 aromatic rings. The summed E-state index contributed by atoms with van der Waals surface area (Å²) >= 11 is 0. The molecular formula is C6H9NO3. The average molecular weight is 143 g/mol. The van der Waals surface area contributed by atoms with Gasteiger partial charge in [-0.15, -0.1) is 0 Å². The lowest BCUT2D eigenvalue weighted by Crippen LogP contribution is -2.29. The second kappa shape index (κ2) is 3.66. The summed E-state index contributed by atoms with van der Waals surface area (Å²) in [6, 6.07) is 0. The quantitative estimate of drug-likeness (QED) is 0.628. The minimum absolute atomic E-state index is 0.165. The Labute approximate surface area is 58.8 Å². The maximum Gasteiger partial charge on any atom is 0.418 e. The molecule has 0 fully saturated rings. The highest BCUT2D eigenvalue weighted by Crippen LogP contribution is 1.93. The molecule has 0 aliphatic heterocycles. The van der Waals surface area contributed by atoms with Gasteiger partial charge in [0.15, 0.2) is 0 Å². The summed E-state index contributed by atoms with van der Waals surface area (Å²) in [6.07, 6.45) is -0.145. The molecule has 0 radical (unpaired) electrons. The van der Waals surface area contributed by atoms with Crippen molar-refractivity contribution in [1.82, 2.24) is 4.90 Å². The summed E-state index contributed by atoms with van der Waals surface area (Å²) in [6.45, 7) is 4.76. The molecule has 0 spiro atoms. The zero-order valence-electron chi connectivity index (χ0n) is 5.70. The van der Waals surface area contributed by atoms with Gasteiger partial charge in [0.2, 0.25) is 5.91 Å². The molecule has 1 N–H and O–H groups in total. The Morgan fingerprint density at radius 2 is 2.20 bits per heavy atom. The lowest BCUT2D eigenvalue weighted by atomic mass is 10.4. The molecule has 0 bridgehead atoms. The van der Waals surface area contributed by atoms with Crippen LogP contribution < -0.4 is 0 Å². The molecule has 0 unspecified atom stereocenters. The van der Waals surface area contributed by atoms with Crippen LogP contribution in [0, 0.1) is 0 Å². The minimum Gasteiger partial charge on any atom is -0.464 e. The van der Waals surface area contributed by atoms with Gasteiger partial charge < -0.3 is 5.11 Å². The van der Waals surface area contributed by atoms with Gasteiger partial charge in [-0.3, -0.25) is 4.79 Å². The Balaban J connectivity index is 4.20. The molecular weight excluding hydrogens is 134 g/mol. The second-order valence-electron chi connectivity index (χ2n) is 1.58. The first-order valence-corrected chi connectivity index (χ1v) is 2.81. The van der Waals surface area contributed by atoms with Crippen molar-refractivity contribution in [3.05, 3.63) is 12.8 Å². The molecule has 0 heterocycles. The fourth-order valence-electron chi connectivity index (χ4n) is 0.457. The maximum absolute atomic E-state index is 10.7. The van der Waals surface area contributed by atoms with Crippen molar-refractivity contribution >= 4 is 12.0 Å². The van der Waals surface area contributed by atoms with Crippen molar-refractivity contribution in [2.45, 2.75) is 13.3 Å². The van der Waals surface area contributed by atoms with Crippen LogP contribution in [0.3, 0.4) is 0 Å². The van der Waals surface area contributed by atoms with E-state index in [1.165, 1.54) is 0 Å². The van der Waals surface area contributed by atoms with Crippen molar-refractivity contribution in [2.24, 2.45) is 0 Å². The molecule has 0 rings (SSSR count). The molecule has 0 saturated heterocycles. The van der Waals surface area contributed by atoms with Crippen molar-refractivity contribution < 1.29 is 14.7 Å². The van der Waals surface area contributed by atoms with Crippen LogP contribution >= 0.6 is 0 Å². The van der Waals surface area contributed by atoms with E-state index in [1.54, 1.807) is 6.92 Å². The number of carbonyl (C=O) groups excluding carboxylic acids is 1. The topological polar surface area (TPSA) is 57.6 Å². The smallest absolute Gasteiger partial charge is 0.418 e. The first-order valence-electron chi connectivity index (χ1n) is 2.81. The number of hydrogen-bond acceptors (Lipinski definition) is 2. The highest BCUT2D eigenvalue weighted by atomic mass is 16.4. The van der Waals surface area contributed by atoms with E-state index >= 15 is 0 Å². The lowest BCUT2D eigenvalue weighted by molar-refractivity contribution is -0.126. The van der Waals surface area contributed by atoms with Gasteiger partial charge in [0.05, 0.1) is 0 Å². The van der Waals surface area contributed by atoms with E-state index in [0.717, 1.165) is 6.20 Å². The van der Waals surface area contributed by atoms with Gasteiger partial charge >= 0.3 is 6.09 Å². The zero-order chi connectivity index (χ0) is 8.15. The van der Waals surface area contributed by atoms with Crippen LogP contribution in [0.2, 0.25) is 0 Å². The maximum atomic E-state index is 10.7. The fourth-order valence-corrected chi connectivity index (χ4v) is 0.457. The Hall–Kier alpha value is -1.32. The van der Waals surface area contributed by atoms with Crippen LogP contribution in [0.15, 0.2) is 12.8 Å². The summed E-state index contributed by atoms with van der Waals surface area (Å²) in [5, 5.41) is 8.31. The Morgan fingerprint density at radius 1 is 1.70 bits per heavy atom. The number of hydrogen-bond donors (Lipinski definition) is 1. The summed E-state index contributed by atoms with van der Waals surface area (Å²) in [5.74, 6) is -0.470. The monoisotopic (exact) mass is 143 g/mol. The van der Waals surface area contributed by atoms with E-state index < -0.39 is 12.0 Å². The highest BCUT2D eigenvalue weighted by molar-refractivity contribution is 5.92. The van der Waals surface area contributed by atoms with Crippen LogP contribution in [0.1, 0.15) is 13.3 Å². The van der Waals surface area contributed by atoms with Crippen molar-refractivity contribution in [1.29, 1.82) is 0 Å². The van der Waals surface area contributed by atoms with Crippen molar-refractivity contribution in [3.63, 3.8) is 0 Å². The number of carbonyl (C=O) groups is 2. The average Bonchev–Trinajstić information content (AvgIpc) is 1.88. The van der Waals surface area contributed by atoms with E-state index in [2.05, 4.69) is 6.58 Å². The molecule has 0 aromatic carbocycles. The molecule has 0 aromatic heterocycles. The van der Waals surface area contributed by atoms with E-state index in [0.29, 0.717) is 4.90 Å². The SMILES string of the molecule is C=CN(C(=O)O)C(=O)CC. The largest absolute Gasteiger partial charge is 0.464 e. The highest BCUT2D eigenvalue weighted by Gasteiger charge is 2.13. The molecule has 10 heavy (non-hydrogen) atoms. The van der Waals surface area contributed by atoms with Gasteiger partial charge in [-0.25, -0.2) is 9.69 Å². The number of carboxylic acid groups (broad SMARTS) is 1. The molecule has 4 heteroatoms. The fraction of sp³-hybridized carbons (Fsp3) is 0.333. The van der Waals surface area contributed by atoms with Crippen LogP contribution in [-0.2, 0) is 4.79 Å². The minimum atomic E-state index is -1.29. The van der Waals surface area contributed by atoms with Gasteiger partial charge in [-0.05, 0) is 0 Å². The normalized spacial score (nSPS) is 8.50. The number of rotatable bonds is 2. The van der Waals surface area contributed by atoms with Crippen molar-refractivity contribution in [2.75, 3.05) is 0 Å². The van der Waals surface area contributed by atoms with E-state index in [-0.39, 0.29) is 6.42 Å². The zero-order valence-corrected chi connectivity index (χ0v) is 5.70. The van der Waals surface area contributed by atoms with Crippen LogP contribution in [-0.4, -0.2) is 22.0 Å². The molecule has 0 aliphatic rings. The van der Waals surface area contributed by atoms with E-state index in [4.69, 9.17) is 5.11 Å². The van der Waals surface area contributed by atoms with Crippen LogP contribution in [0.4, 0.5) is 4.79 Å². The van der Waals surface area contributed by atoms with Gasteiger partial charge in [0, 0.05) is 12.6 Å². The molecule has 56 valence electrons. The van der Waals surface area contributed by atoms with E-state index in [9.17, 15) is 9.59 Å². The summed E-state index contributed by atoms with van der Waals surface area (Å²) < 4.78 is 0. The summed E-state index contributed by atoms with van der Waals surface area (Å²) in [7, 11) is 0. The molecule has 0 saturated carbocycles. The second-order valence-corrected chi connectivity index (χ2v) is 1.58. The molecule has 4 nitrogen and oxygen atoms in total. The number of nitrogens with zero attached hydrogens (tertiary/aromatic N) is 1. The first-order chi connectivity index (χ1) is 4.63. The van der Waals surface area contributed by atoms with Gasteiger partial charge in [0.25, 0.3) is 0 Å². The molecule has 0 atom stereocenters.